The second-order valence-electron chi connectivity index (χ2n) is 4.82. The van der Waals surface area contributed by atoms with Crippen LogP contribution in [-0.2, 0) is 14.6 Å². The van der Waals surface area contributed by atoms with Crippen molar-refractivity contribution in [3.05, 3.63) is 52.5 Å². The SMILES string of the molecule is O=S(=O)(c1ccc(OCC2CO2)cc1)c1ccc(Cl)cc1Cl. The summed E-state index contributed by atoms with van der Waals surface area (Å²) in [6.45, 7) is 1.18. The fraction of sp³-hybridized carbons (Fsp3) is 0.200. The third kappa shape index (κ3) is 3.38. The maximum absolute atomic E-state index is 12.6. The van der Waals surface area contributed by atoms with Gasteiger partial charge in [-0.2, -0.15) is 0 Å². The van der Waals surface area contributed by atoms with E-state index in [1.165, 1.54) is 30.3 Å². The third-order valence-corrected chi connectivity index (χ3v) is 5.64. The number of ether oxygens (including phenoxy) is 2. The van der Waals surface area contributed by atoms with Gasteiger partial charge in [0.1, 0.15) is 18.5 Å². The van der Waals surface area contributed by atoms with Gasteiger partial charge in [0, 0.05) is 5.02 Å². The summed E-state index contributed by atoms with van der Waals surface area (Å²) in [7, 11) is -3.69. The van der Waals surface area contributed by atoms with Crippen LogP contribution >= 0.6 is 23.2 Å². The number of benzene rings is 2. The maximum atomic E-state index is 12.6. The summed E-state index contributed by atoms with van der Waals surface area (Å²) in [5, 5.41) is 0.480. The van der Waals surface area contributed by atoms with Gasteiger partial charge in [0.25, 0.3) is 0 Å². The van der Waals surface area contributed by atoms with E-state index in [0.717, 1.165) is 0 Å². The van der Waals surface area contributed by atoms with Gasteiger partial charge in [-0.15, -0.1) is 0 Å². The van der Waals surface area contributed by atoms with Crippen molar-refractivity contribution < 1.29 is 17.9 Å². The van der Waals surface area contributed by atoms with Gasteiger partial charge in [0.15, 0.2) is 0 Å². The predicted octanol–water partition coefficient (Wildman–Crippen LogP) is 3.60. The Kier molecular flexibility index (Phi) is 4.32. The molecule has 2 aromatic rings. The van der Waals surface area contributed by atoms with E-state index in [4.69, 9.17) is 32.7 Å². The van der Waals surface area contributed by atoms with Gasteiger partial charge < -0.3 is 9.47 Å². The first-order valence-corrected chi connectivity index (χ1v) is 8.75. The van der Waals surface area contributed by atoms with E-state index in [9.17, 15) is 8.42 Å². The molecule has 0 amide bonds. The Labute approximate surface area is 138 Å². The van der Waals surface area contributed by atoms with E-state index in [1.54, 1.807) is 12.1 Å². The normalized spacial score (nSPS) is 17.3. The van der Waals surface area contributed by atoms with Gasteiger partial charge in [-0.05, 0) is 42.5 Å². The summed E-state index contributed by atoms with van der Waals surface area (Å²) in [4.78, 5) is 0.172. The molecule has 3 rings (SSSR count). The second-order valence-corrected chi connectivity index (χ2v) is 7.58. The summed E-state index contributed by atoms with van der Waals surface area (Å²) >= 11 is 11.8. The van der Waals surface area contributed by atoms with Gasteiger partial charge in [-0.3, -0.25) is 0 Å². The van der Waals surface area contributed by atoms with Crippen molar-refractivity contribution in [3.63, 3.8) is 0 Å². The molecule has 4 nitrogen and oxygen atoms in total. The molecule has 0 radical (unpaired) electrons. The Hall–Kier alpha value is -1.27. The molecule has 1 atom stereocenters. The molecular formula is C15H12Cl2O4S. The minimum atomic E-state index is -3.69. The first-order valence-electron chi connectivity index (χ1n) is 6.51. The zero-order chi connectivity index (χ0) is 15.7. The monoisotopic (exact) mass is 358 g/mol. The Morgan fingerprint density at radius 2 is 1.82 bits per heavy atom. The highest BCUT2D eigenvalue weighted by molar-refractivity contribution is 7.91. The van der Waals surface area contributed by atoms with Gasteiger partial charge in [-0.1, -0.05) is 23.2 Å². The van der Waals surface area contributed by atoms with Gasteiger partial charge >= 0.3 is 0 Å². The average molecular weight is 359 g/mol. The van der Waals surface area contributed by atoms with Crippen molar-refractivity contribution >= 4 is 33.0 Å². The molecule has 1 unspecified atom stereocenters. The van der Waals surface area contributed by atoms with Crippen molar-refractivity contribution in [2.45, 2.75) is 15.9 Å². The van der Waals surface area contributed by atoms with Crippen molar-refractivity contribution in [1.82, 2.24) is 0 Å². The number of rotatable bonds is 5. The van der Waals surface area contributed by atoms with Crippen LogP contribution in [0.3, 0.4) is 0 Å². The molecule has 22 heavy (non-hydrogen) atoms. The largest absolute Gasteiger partial charge is 0.491 e. The number of halogens is 2. The van der Waals surface area contributed by atoms with Crippen LogP contribution in [0, 0.1) is 0 Å². The maximum Gasteiger partial charge on any atom is 0.208 e. The molecule has 1 heterocycles. The molecule has 0 spiro atoms. The van der Waals surface area contributed by atoms with Crippen LogP contribution in [0.1, 0.15) is 0 Å². The molecular weight excluding hydrogens is 347 g/mol. The Balaban J connectivity index is 1.84. The molecule has 0 bridgehead atoms. The summed E-state index contributed by atoms with van der Waals surface area (Å²) < 4.78 is 35.7. The zero-order valence-electron chi connectivity index (χ0n) is 11.3. The van der Waals surface area contributed by atoms with Crippen LogP contribution in [-0.4, -0.2) is 27.7 Å². The lowest BCUT2D eigenvalue weighted by atomic mass is 10.3. The fourth-order valence-corrected chi connectivity index (χ4v) is 3.91. The lowest BCUT2D eigenvalue weighted by molar-refractivity contribution is 0.263. The quantitative estimate of drug-likeness (QED) is 0.766. The number of hydrogen-bond acceptors (Lipinski definition) is 4. The van der Waals surface area contributed by atoms with Gasteiger partial charge in [0.05, 0.1) is 21.4 Å². The van der Waals surface area contributed by atoms with E-state index < -0.39 is 9.84 Å². The highest BCUT2D eigenvalue weighted by Crippen LogP contribution is 2.30. The molecule has 1 aliphatic heterocycles. The average Bonchev–Trinajstić information content (AvgIpc) is 3.29. The van der Waals surface area contributed by atoms with Crippen LogP contribution in [0.4, 0.5) is 0 Å². The highest BCUT2D eigenvalue weighted by Gasteiger charge is 2.24. The minimum Gasteiger partial charge on any atom is -0.491 e. The molecule has 0 aromatic heterocycles. The van der Waals surface area contributed by atoms with Crippen LogP contribution in [0.5, 0.6) is 5.75 Å². The van der Waals surface area contributed by atoms with Crippen molar-refractivity contribution in [1.29, 1.82) is 0 Å². The van der Waals surface area contributed by atoms with E-state index >= 15 is 0 Å². The van der Waals surface area contributed by atoms with E-state index in [1.807, 2.05) is 0 Å². The molecule has 1 saturated heterocycles. The molecule has 0 saturated carbocycles. The number of sulfone groups is 1. The van der Waals surface area contributed by atoms with Crippen LogP contribution in [0.2, 0.25) is 10.0 Å². The lowest BCUT2D eigenvalue weighted by Gasteiger charge is -2.08. The molecule has 1 fully saturated rings. The Morgan fingerprint density at radius 1 is 1.14 bits per heavy atom. The van der Waals surface area contributed by atoms with E-state index in [-0.39, 0.29) is 20.9 Å². The predicted molar refractivity (Wildman–Crippen MR) is 83.6 cm³/mol. The standard InChI is InChI=1S/C15H12Cl2O4S/c16-10-1-6-15(14(17)7-10)22(18,19)13-4-2-11(3-5-13)20-8-12-9-21-12/h1-7,12H,8-9H2. The summed E-state index contributed by atoms with van der Waals surface area (Å²) in [5.74, 6) is 0.594. The van der Waals surface area contributed by atoms with Crippen molar-refractivity contribution in [2.75, 3.05) is 13.2 Å². The number of hydrogen-bond donors (Lipinski definition) is 0. The summed E-state index contributed by atoms with van der Waals surface area (Å²) in [6.07, 6.45) is 0.149. The van der Waals surface area contributed by atoms with Gasteiger partial charge in [-0.25, -0.2) is 8.42 Å². The topological polar surface area (TPSA) is 55.9 Å². The van der Waals surface area contributed by atoms with Crippen LogP contribution in [0.25, 0.3) is 0 Å². The fourth-order valence-electron chi connectivity index (χ4n) is 1.89. The molecule has 1 aliphatic rings. The van der Waals surface area contributed by atoms with Crippen LogP contribution in [0.15, 0.2) is 52.3 Å². The second kappa shape index (κ2) is 6.08. The third-order valence-electron chi connectivity index (χ3n) is 3.16. The van der Waals surface area contributed by atoms with E-state index in [2.05, 4.69) is 0 Å². The van der Waals surface area contributed by atoms with Gasteiger partial charge in [0.2, 0.25) is 9.84 Å². The first kappa shape index (κ1) is 15.6. The smallest absolute Gasteiger partial charge is 0.208 e. The molecule has 116 valence electrons. The van der Waals surface area contributed by atoms with Crippen molar-refractivity contribution in [3.8, 4) is 5.75 Å². The Morgan fingerprint density at radius 3 is 2.41 bits per heavy atom. The zero-order valence-corrected chi connectivity index (χ0v) is 13.7. The lowest BCUT2D eigenvalue weighted by Crippen LogP contribution is -2.05. The first-order chi connectivity index (χ1) is 10.5. The highest BCUT2D eigenvalue weighted by atomic mass is 35.5. The molecule has 0 N–H and O–H groups in total. The molecule has 2 aromatic carbocycles. The molecule has 7 heteroatoms. The summed E-state index contributed by atoms with van der Waals surface area (Å²) in [5.41, 5.74) is 0. The summed E-state index contributed by atoms with van der Waals surface area (Å²) in [6, 6.07) is 10.5. The Bertz CT molecular complexity index is 784. The van der Waals surface area contributed by atoms with E-state index in [0.29, 0.717) is 24.0 Å². The van der Waals surface area contributed by atoms with Crippen molar-refractivity contribution in [2.24, 2.45) is 0 Å². The number of epoxide rings is 1. The molecule has 0 aliphatic carbocycles. The minimum absolute atomic E-state index is 0.0265. The van der Waals surface area contributed by atoms with Crippen LogP contribution < -0.4 is 4.74 Å².